The van der Waals surface area contributed by atoms with Gasteiger partial charge < -0.3 is 15.8 Å². The first-order chi connectivity index (χ1) is 9.04. The Morgan fingerprint density at radius 2 is 2.05 bits per heavy atom. The number of amides is 1. The van der Waals surface area contributed by atoms with Crippen LogP contribution in [0.15, 0.2) is 24.3 Å². The van der Waals surface area contributed by atoms with Gasteiger partial charge in [0.2, 0.25) is 5.91 Å². The van der Waals surface area contributed by atoms with Crippen molar-refractivity contribution in [3.05, 3.63) is 29.8 Å². The van der Waals surface area contributed by atoms with Gasteiger partial charge in [-0.05, 0) is 25.3 Å². The van der Waals surface area contributed by atoms with Crippen LogP contribution in [0.25, 0.3) is 0 Å². The quantitative estimate of drug-likeness (QED) is 0.792. The average molecular weight is 264 g/mol. The van der Waals surface area contributed by atoms with Crippen LogP contribution in [0.5, 0.6) is 5.75 Å². The van der Waals surface area contributed by atoms with Gasteiger partial charge in [-0.3, -0.25) is 4.79 Å². The highest BCUT2D eigenvalue weighted by Gasteiger charge is 2.15. The summed E-state index contributed by atoms with van der Waals surface area (Å²) < 4.78 is 5.51. The maximum Gasteiger partial charge on any atom is 0.237 e. The summed E-state index contributed by atoms with van der Waals surface area (Å²) in [7, 11) is 0. The molecule has 0 bridgehead atoms. The summed E-state index contributed by atoms with van der Waals surface area (Å²) in [5.74, 6) is 1.11. The number of carbonyl (C=O) groups is 1. The molecule has 0 fully saturated rings. The number of nitrogens with one attached hydrogen (secondary N) is 1. The molecule has 4 nitrogen and oxygen atoms in total. The zero-order valence-corrected chi connectivity index (χ0v) is 12.0. The van der Waals surface area contributed by atoms with E-state index in [1.54, 1.807) is 0 Å². The average Bonchev–Trinajstić information content (AvgIpc) is 2.37. The third-order valence-electron chi connectivity index (χ3n) is 2.79. The van der Waals surface area contributed by atoms with Crippen molar-refractivity contribution in [1.29, 1.82) is 0 Å². The maximum atomic E-state index is 11.8. The van der Waals surface area contributed by atoms with Crippen LogP contribution in [0.1, 0.15) is 32.8 Å². The SMILES string of the molecule is CCOc1ccccc1CNC(=O)[C@@H](N)CC(C)C. The first-order valence-electron chi connectivity index (χ1n) is 6.78. The van der Waals surface area contributed by atoms with Crippen LogP contribution < -0.4 is 15.8 Å². The standard InChI is InChI=1S/C15H24N2O2/c1-4-19-14-8-6-5-7-12(14)10-17-15(18)13(16)9-11(2)3/h5-8,11,13H,4,9-10,16H2,1-3H3,(H,17,18)/t13-/m0/s1. The Kier molecular flexibility index (Phi) is 6.36. The van der Waals surface area contributed by atoms with Crippen molar-refractivity contribution in [2.75, 3.05) is 6.61 Å². The highest BCUT2D eigenvalue weighted by Crippen LogP contribution is 2.17. The van der Waals surface area contributed by atoms with Crippen molar-refractivity contribution in [1.82, 2.24) is 5.32 Å². The van der Waals surface area contributed by atoms with Crippen LogP contribution in [0, 0.1) is 5.92 Å². The van der Waals surface area contributed by atoms with E-state index in [1.165, 1.54) is 0 Å². The molecule has 4 heteroatoms. The van der Waals surface area contributed by atoms with Gasteiger partial charge in [0.1, 0.15) is 5.75 Å². The molecule has 1 amide bonds. The monoisotopic (exact) mass is 264 g/mol. The van der Waals surface area contributed by atoms with Crippen LogP contribution in [0.4, 0.5) is 0 Å². The van der Waals surface area contributed by atoms with E-state index in [0.29, 0.717) is 25.5 Å². The fourth-order valence-electron chi connectivity index (χ4n) is 1.87. The molecule has 19 heavy (non-hydrogen) atoms. The molecule has 106 valence electrons. The highest BCUT2D eigenvalue weighted by atomic mass is 16.5. The molecule has 0 spiro atoms. The van der Waals surface area contributed by atoms with Gasteiger partial charge in [0, 0.05) is 12.1 Å². The minimum absolute atomic E-state index is 0.111. The predicted molar refractivity (Wildman–Crippen MR) is 76.9 cm³/mol. The molecule has 0 unspecified atom stereocenters. The number of nitrogens with two attached hydrogens (primary N) is 1. The van der Waals surface area contributed by atoms with E-state index in [-0.39, 0.29) is 5.91 Å². The highest BCUT2D eigenvalue weighted by molar-refractivity contribution is 5.81. The van der Waals surface area contributed by atoms with Gasteiger partial charge in [0.15, 0.2) is 0 Å². The molecule has 0 saturated carbocycles. The van der Waals surface area contributed by atoms with Gasteiger partial charge in [-0.1, -0.05) is 32.0 Å². The maximum absolute atomic E-state index is 11.8. The van der Waals surface area contributed by atoms with E-state index < -0.39 is 6.04 Å². The van der Waals surface area contributed by atoms with Crippen molar-refractivity contribution < 1.29 is 9.53 Å². The van der Waals surface area contributed by atoms with E-state index in [2.05, 4.69) is 19.2 Å². The predicted octanol–water partition coefficient (Wildman–Crippen LogP) is 2.07. The number of carbonyl (C=O) groups excluding carboxylic acids is 1. The largest absolute Gasteiger partial charge is 0.494 e. The third-order valence-corrected chi connectivity index (χ3v) is 2.79. The van der Waals surface area contributed by atoms with E-state index in [4.69, 9.17) is 10.5 Å². The molecule has 0 aromatic heterocycles. The van der Waals surface area contributed by atoms with Crippen LogP contribution >= 0.6 is 0 Å². The second kappa shape index (κ2) is 7.79. The first kappa shape index (κ1) is 15.5. The third kappa shape index (κ3) is 5.30. The number of benzene rings is 1. The Labute approximate surface area is 115 Å². The van der Waals surface area contributed by atoms with Crippen molar-refractivity contribution >= 4 is 5.91 Å². The number of rotatable bonds is 7. The molecule has 1 atom stereocenters. The molecule has 0 saturated heterocycles. The summed E-state index contributed by atoms with van der Waals surface area (Å²) in [5.41, 5.74) is 6.80. The first-order valence-corrected chi connectivity index (χ1v) is 6.78. The summed E-state index contributed by atoms with van der Waals surface area (Å²) >= 11 is 0. The topological polar surface area (TPSA) is 64.3 Å². The Hall–Kier alpha value is -1.55. The van der Waals surface area contributed by atoms with E-state index in [1.807, 2.05) is 31.2 Å². The van der Waals surface area contributed by atoms with Gasteiger partial charge in [-0.15, -0.1) is 0 Å². The van der Waals surface area contributed by atoms with Gasteiger partial charge in [0.05, 0.1) is 12.6 Å². The van der Waals surface area contributed by atoms with Crippen molar-refractivity contribution in [3.63, 3.8) is 0 Å². The van der Waals surface area contributed by atoms with Crippen molar-refractivity contribution in [3.8, 4) is 5.75 Å². The minimum Gasteiger partial charge on any atom is -0.494 e. The Morgan fingerprint density at radius 3 is 2.68 bits per heavy atom. The lowest BCUT2D eigenvalue weighted by atomic mass is 10.0. The lowest BCUT2D eigenvalue weighted by Gasteiger charge is -2.15. The number of ether oxygens (including phenoxy) is 1. The van der Waals surface area contributed by atoms with Gasteiger partial charge in [0.25, 0.3) is 0 Å². The molecule has 0 aliphatic carbocycles. The zero-order chi connectivity index (χ0) is 14.3. The molecule has 0 aliphatic rings. The van der Waals surface area contributed by atoms with Crippen molar-refractivity contribution in [2.45, 2.75) is 39.8 Å². The summed E-state index contributed by atoms with van der Waals surface area (Å²) in [6.45, 7) is 7.10. The van der Waals surface area contributed by atoms with E-state index in [9.17, 15) is 4.79 Å². The fraction of sp³-hybridized carbons (Fsp3) is 0.533. The lowest BCUT2D eigenvalue weighted by Crippen LogP contribution is -2.41. The smallest absolute Gasteiger partial charge is 0.237 e. The summed E-state index contributed by atoms with van der Waals surface area (Å²) in [4.78, 5) is 11.8. The lowest BCUT2D eigenvalue weighted by molar-refractivity contribution is -0.122. The second-order valence-electron chi connectivity index (χ2n) is 4.99. The molecule has 1 rings (SSSR count). The zero-order valence-electron chi connectivity index (χ0n) is 12.0. The van der Waals surface area contributed by atoms with Gasteiger partial charge in [-0.2, -0.15) is 0 Å². The molecular formula is C15H24N2O2. The molecule has 1 aromatic rings. The van der Waals surface area contributed by atoms with Crippen LogP contribution in [0.3, 0.4) is 0 Å². The molecular weight excluding hydrogens is 240 g/mol. The van der Waals surface area contributed by atoms with E-state index in [0.717, 1.165) is 11.3 Å². The Morgan fingerprint density at radius 1 is 1.37 bits per heavy atom. The van der Waals surface area contributed by atoms with Crippen LogP contribution in [-0.4, -0.2) is 18.6 Å². The van der Waals surface area contributed by atoms with Crippen LogP contribution in [-0.2, 0) is 11.3 Å². The Bertz CT molecular complexity index is 405. The minimum atomic E-state index is -0.445. The van der Waals surface area contributed by atoms with E-state index >= 15 is 0 Å². The molecule has 0 aliphatic heterocycles. The normalized spacial score (nSPS) is 12.3. The number of hydrogen-bond acceptors (Lipinski definition) is 3. The Balaban J connectivity index is 2.54. The molecule has 0 radical (unpaired) electrons. The molecule has 1 aromatic carbocycles. The van der Waals surface area contributed by atoms with Gasteiger partial charge in [-0.25, -0.2) is 0 Å². The molecule has 0 heterocycles. The summed E-state index contributed by atoms with van der Waals surface area (Å²) in [6.07, 6.45) is 0.693. The summed E-state index contributed by atoms with van der Waals surface area (Å²) in [6, 6.07) is 7.25. The van der Waals surface area contributed by atoms with Crippen molar-refractivity contribution in [2.24, 2.45) is 11.7 Å². The second-order valence-corrected chi connectivity index (χ2v) is 4.99. The van der Waals surface area contributed by atoms with Crippen LogP contribution in [0.2, 0.25) is 0 Å². The number of hydrogen-bond donors (Lipinski definition) is 2. The summed E-state index contributed by atoms with van der Waals surface area (Å²) in [5, 5.41) is 2.86. The fourth-order valence-corrected chi connectivity index (χ4v) is 1.87. The number of para-hydroxylation sites is 1. The molecule has 3 N–H and O–H groups in total. The van der Waals surface area contributed by atoms with Gasteiger partial charge >= 0.3 is 0 Å².